The number of nitrogens with zero attached hydrogens (tertiary/aromatic N) is 1. The topological polar surface area (TPSA) is 38.4 Å². The smallest absolute Gasteiger partial charge is 0.0677 e. The van der Waals surface area contributed by atoms with Crippen molar-refractivity contribution in [2.75, 3.05) is 0 Å². The average molecular weight is 731 g/mol. The Morgan fingerprint density at radius 3 is 1.88 bits per heavy atom. The van der Waals surface area contributed by atoms with Gasteiger partial charge < -0.3 is 5.73 Å². The maximum atomic E-state index is 7.08. The zero-order valence-electron chi connectivity index (χ0n) is 32.2. The predicted octanol–water partition coefficient (Wildman–Crippen LogP) is 13.8. The normalized spacial score (nSPS) is 13.6. The summed E-state index contributed by atoms with van der Waals surface area (Å²) in [7, 11) is 0. The van der Waals surface area contributed by atoms with Crippen molar-refractivity contribution >= 4 is 43.7 Å². The average Bonchev–Trinajstić information content (AvgIpc) is 3.48. The summed E-state index contributed by atoms with van der Waals surface area (Å²) in [6.45, 7) is 5.26. The van der Waals surface area contributed by atoms with E-state index in [1.807, 2.05) is 6.07 Å². The number of fused-ring (bicyclic) bond motifs is 6. The van der Waals surface area contributed by atoms with Crippen LogP contribution in [0.5, 0.6) is 0 Å². The zero-order valence-corrected chi connectivity index (χ0v) is 32.2. The van der Waals surface area contributed by atoms with Gasteiger partial charge in [-0.1, -0.05) is 184 Å². The first-order chi connectivity index (χ1) is 27.9. The molecule has 0 fully saturated rings. The van der Waals surface area contributed by atoms with Gasteiger partial charge in [-0.05, 0) is 107 Å². The van der Waals surface area contributed by atoms with E-state index in [0.717, 1.165) is 38.6 Å². The van der Waals surface area contributed by atoms with E-state index in [1.165, 1.54) is 60.7 Å². The summed E-state index contributed by atoms with van der Waals surface area (Å²) < 4.78 is 0. The zero-order chi connectivity index (χ0) is 38.5. The fourth-order valence-corrected chi connectivity index (χ4v) is 8.90. The van der Waals surface area contributed by atoms with E-state index in [2.05, 4.69) is 202 Å². The molecule has 0 unspecified atom stereocenters. The Labute approximate surface area is 334 Å². The molecule has 0 radical (unpaired) electrons. The molecule has 1 aliphatic rings. The van der Waals surface area contributed by atoms with Crippen molar-refractivity contribution in [2.24, 2.45) is 10.7 Å². The Balaban J connectivity index is 1.00. The van der Waals surface area contributed by atoms with Gasteiger partial charge in [0.15, 0.2) is 0 Å². The quantitative estimate of drug-likeness (QED) is 0.163. The fourth-order valence-electron chi connectivity index (χ4n) is 8.90. The first-order valence-corrected chi connectivity index (χ1v) is 19.8. The lowest BCUT2D eigenvalue weighted by Crippen LogP contribution is -2.14. The molecule has 2 N–H and O–H groups in total. The Morgan fingerprint density at radius 1 is 0.474 bits per heavy atom. The van der Waals surface area contributed by atoms with Gasteiger partial charge in [-0.3, -0.25) is 4.99 Å². The highest BCUT2D eigenvalue weighted by Gasteiger charge is 2.35. The Morgan fingerprint density at radius 2 is 1.09 bits per heavy atom. The van der Waals surface area contributed by atoms with E-state index in [-0.39, 0.29) is 5.41 Å². The van der Waals surface area contributed by atoms with Crippen LogP contribution in [0.15, 0.2) is 199 Å². The minimum absolute atomic E-state index is 0.0463. The lowest BCUT2D eigenvalue weighted by molar-refractivity contribution is 0.661. The first-order valence-electron chi connectivity index (χ1n) is 19.8. The van der Waals surface area contributed by atoms with E-state index in [9.17, 15) is 0 Å². The van der Waals surface area contributed by atoms with Crippen LogP contribution in [0.4, 0.5) is 0 Å². The SMILES string of the molecule is CC1(C)c2ccc(-c3ccc(-c4ccc(/C(N)=C/C(=NCc5ccccc5)c5cccc6ccccc56)c5ccccc45)cc3)cc2-c2cc3ccccc3cc21. The van der Waals surface area contributed by atoms with E-state index in [4.69, 9.17) is 10.7 Å². The van der Waals surface area contributed by atoms with Gasteiger partial charge in [0.25, 0.3) is 0 Å². The maximum Gasteiger partial charge on any atom is 0.0677 e. The molecule has 0 bridgehead atoms. The highest BCUT2D eigenvalue weighted by molar-refractivity contribution is 6.19. The van der Waals surface area contributed by atoms with Crippen LogP contribution >= 0.6 is 0 Å². The molecule has 0 saturated heterocycles. The Hall–Kier alpha value is -7.03. The third-order valence-corrected chi connectivity index (χ3v) is 11.9. The molecule has 0 amide bonds. The van der Waals surface area contributed by atoms with Crippen LogP contribution in [0.1, 0.15) is 41.7 Å². The number of benzene rings is 9. The second kappa shape index (κ2) is 13.9. The second-order valence-electron chi connectivity index (χ2n) is 15.7. The first kappa shape index (κ1) is 34.5. The minimum Gasteiger partial charge on any atom is -0.398 e. The molecule has 9 aromatic carbocycles. The summed E-state index contributed by atoms with van der Waals surface area (Å²) in [5.41, 5.74) is 22.0. The van der Waals surface area contributed by atoms with Gasteiger partial charge >= 0.3 is 0 Å². The van der Waals surface area contributed by atoms with Gasteiger partial charge in [-0.2, -0.15) is 0 Å². The van der Waals surface area contributed by atoms with Gasteiger partial charge in [-0.15, -0.1) is 0 Å². The van der Waals surface area contributed by atoms with Gasteiger partial charge in [0.2, 0.25) is 0 Å². The third-order valence-electron chi connectivity index (χ3n) is 11.9. The van der Waals surface area contributed by atoms with Crippen molar-refractivity contribution in [3.8, 4) is 33.4 Å². The minimum atomic E-state index is -0.0463. The molecular formula is C55H42N2. The molecule has 1 aliphatic carbocycles. The lowest BCUT2D eigenvalue weighted by atomic mass is 9.81. The monoisotopic (exact) mass is 730 g/mol. The molecule has 9 aromatic rings. The van der Waals surface area contributed by atoms with Crippen LogP contribution in [0.2, 0.25) is 0 Å². The number of rotatable bonds is 7. The molecule has 0 spiro atoms. The molecule has 0 aliphatic heterocycles. The maximum absolute atomic E-state index is 7.08. The predicted molar refractivity (Wildman–Crippen MR) is 243 cm³/mol. The van der Waals surface area contributed by atoms with Gasteiger partial charge in [0.05, 0.1) is 12.3 Å². The third kappa shape index (κ3) is 6.11. The van der Waals surface area contributed by atoms with Crippen molar-refractivity contribution in [2.45, 2.75) is 25.8 Å². The van der Waals surface area contributed by atoms with Crippen molar-refractivity contribution in [3.05, 3.63) is 222 Å². The summed E-state index contributed by atoms with van der Waals surface area (Å²) in [4.78, 5) is 5.17. The molecule has 10 rings (SSSR count). The highest BCUT2D eigenvalue weighted by atomic mass is 14.7. The lowest BCUT2D eigenvalue weighted by Gasteiger charge is -2.22. The van der Waals surface area contributed by atoms with Crippen LogP contribution < -0.4 is 5.73 Å². The molecular weight excluding hydrogens is 689 g/mol. The van der Waals surface area contributed by atoms with Crippen LogP contribution in [0.25, 0.3) is 71.4 Å². The molecule has 0 saturated carbocycles. The Bertz CT molecular complexity index is 3050. The van der Waals surface area contributed by atoms with Gasteiger partial charge in [0, 0.05) is 22.2 Å². The van der Waals surface area contributed by atoms with E-state index >= 15 is 0 Å². The van der Waals surface area contributed by atoms with Crippen LogP contribution in [0.3, 0.4) is 0 Å². The van der Waals surface area contributed by atoms with Crippen LogP contribution in [-0.2, 0) is 12.0 Å². The standard InChI is InChI=1S/C55H42N2/c1-55(2)51-30-27-42(32-49(51)50-31-40-16-6-7-17-41(40)33-52(50)55)37-23-25-39(26-24-37)44-28-29-47(46-21-11-10-20-45(44)46)53(56)34-54(57-35-36-13-4-3-5-14-36)48-22-12-18-38-15-8-9-19-43(38)48/h3-34H,35,56H2,1-2H3/b53-34-,57-54?. The Kier molecular flexibility index (Phi) is 8.42. The summed E-state index contributed by atoms with van der Waals surface area (Å²) in [5.74, 6) is 0. The molecule has 272 valence electrons. The molecule has 2 nitrogen and oxygen atoms in total. The summed E-state index contributed by atoms with van der Waals surface area (Å²) in [6.07, 6.45) is 2.06. The van der Waals surface area contributed by atoms with Crippen molar-refractivity contribution in [1.29, 1.82) is 0 Å². The second-order valence-corrected chi connectivity index (χ2v) is 15.7. The molecule has 57 heavy (non-hydrogen) atoms. The van der Waals surface area contributed by atoms with Gasteiger partial charge in [0.1, 0.15) is 0 Å². The molecule has 0 atom stereocenters. The van der Waals surface area contributed by atoms with E-state index < -0.39 is 0 Å². The molecule has 0 heterocycles. The van der Waals surface area contributed by atoms with E-state index in [1.54, 1.807) is 0 Å². The highest BCUT2D eigenvalue weighted by Crippen LogP contribution is 2.51. The number of nitrogens with two attached hydrogens (primary N) is 1. The summed E-state index contributed by atoms with van der Waals surface area (Å²) >= 11 is 0. The summed E-state index contributed by atoms with van der Waals surface area (Å²) in [5, 5.41) is 7.18. The molecule has 2 heteroatoms. The number of hydrogen-bond donors (Lipinski definition) is 1. The van der Waals surface area contributed by atoms with E-state index in [0.29, 0.717) is 12.2 Å². The molecule has 0 aromatic heterocycles. The number of hydrogen-bond acceptors (Lipinski definition) is 2. The number of aliphatic imine (C=N–C) groups is 1. The van der Waals surface area contributed by atoms with Crippen molar-refractivity contribution in [3.63, 3.8) is 0 Å². The van der Waals surface area contributed by atoms with Crippen molar-refractivity contribution in [1.82, 2.24) is 0 Å². The summed E-state index contributed by atoms with van der Waals surface area (Å²) in [6, 6.07) is 67.7. The van der Waals surface area contributed by atoms with Gasteiger partial charge in [-0.25, -0.2) is 0 Å². The number of allylic oxidation sites excluding steroid dienone is 1. The van der Waals surface area contributed by atoms with Crippen molar-refractivity contribution < 1.29 is 0 Å². The largest absolute Gasteiger partial charge is 0.398 e. The van der Waals surface area contributed by atoms with Crippen LogP contribution in [-0.4, -0.2) is 5.71 Å². The van der Waals surface area contributed by atoms with Crippen LogP contribution in [0, 0.1) is 0 Å². The fraction of sp³-hybridized carbons (Fsp3) is 0.0727.